The summed E-state index contributed by atoms with van der Waals surface area (Å²) in [5.74, 6) is 0.270. The van der Waals surface area contributed by atoms with E-state index in [0.717, 1.165) is 19.3 Å². The third-order valence-corrected chi connectivity index (χ3v) is 2.92. The monoisotopic (exact) mass is 155 g/mol. The van der Waals surface area contributed by atoms with Gasteiger partial charge in [0.2, 0.25) is 0 Å². The van der Waals surface area contributed by atoms with E-state index in [1.165, 1.54) is 6.42 Å². The molecule has 0 radical (unpaired) electrons. The highest BCUT2D eigenvalue weighted by Gasteiger charge is 2.42. The lowest BCUT2D eigenvalue weighted by atomic mass is 9.63. The number of nitrogens with two attached hydrogens (primary N) is 1. The number of Topliss-reactive ketones (excluding diaryl/α,β-unsaturated/α-hetero) is 1. The van der Waals surface area contributed by atoms with Gasteiger partial charge < -0.3 is 5.73 Å². The lowest BCUT2D eigenvalue weighted by Gasteiger charge is -2.40. The highest BCUT2D eigenvalue weighted by Crippen LogP contribution is 2.44. The quantitative estimate of drug-likeness (QED) is 0.671. The van der Waals surface area contributed by atoms with E-state index in [1.807, 2.05) is 0 Å². The highest BCUT2D eigenvalue weighted by atomic mass is 16.1. The van der Waals surface area contributed by atoms with Crippen molar-refractivity contribution in [1.29, 1.82) is 0 Å². The van der Waals surface area contributed by atoms with Crippen LogP contribution in [0.5, 0.6) is 0 Å². The summed E-state index contributed by atoms with van der Waals surface area (Å²) in [6.45, 7) is 3.87. The Bertz CT molecular complexity index is 153. The molecule has 0 aromatic carbocycles. The van der Waals surface area contributed by atoms with E-state index in [-0.39, 0.29) is 17.2 Å². The van der Waals surface area contributed by atoms with Crippen LogP contribution in [-0.4, -0.2) is 11.8 Å². The molecule has 1 aliphatic carbocycles. The Hall–Kier alpha value is -0.370. The fourth-order valence-electron chi connectivity index (χ4n) is 1.86. The molecule has 0 bridgehead atoms. The first-order chi connectivity index (χ1) is 5.12. The zero-order valence-electron chi connectivity index (χ0n) is 7.39. The Morgan fingerprint density at radius 2 is 2.18 bits per heavy atom. The molecule has 1 unspecified atom stereocenters. The molecule has 2 heteroatoms. The lowest BCUT2D eigenvalue weighted by molar-refractivity contribution is -0.134. The van der Waals surface area contributed by atoms with Crippen molar-refractivity contribution in [2.75, 3.05) is 0 Å². The van der Waals surface area contributed by atoms with E-state index >= 15 is 0 Å². The van der Waals surface area contributed by atoms with Crippen molar-refractivity contribution in [3.63, 3.8) is 0 Å². The number of carbonyl (C=O) groups excluding carboxylic acids is 1. The zero-order valence-corrected chi connectivity index (χ0v) is 7.39. The zero-order chi connectivity index (χ0) is 8.48. The van der Waals surface area contributed by atoms with Gasteiger partial charge in [0.25, 0.3) is 0 Å². The maximum atomic E-state index is 11.6. The van der Waals surface area contributed by atoms with E-state index in [4.69, 9.17) is 5.73 Å². The third kappa shape index (κ3) is 1.32. The first-order valence-corrected chi connectivity index (χ1v) is 4.42. The van der Waals surface area contributed by atoms with Crippen LogP contribution in [0, 0.1) is 5.41 Å². The summed E-state index contributed by atoms with van der Waals surface area (Å²) in [6.07, 6.45) is 4.29. The van der Waals surface area contributed by atoms with Crippen LogP contribution in [0.3, 0.4) is 0 Å². The molecular formula is C9H17NO. The minimum absolute atomic E-state index is 0.0197. The minimum Gasteiger partial charge on any atom is -0.322 e. The molecule has 0 saturated heterocycles. The van der Waals surface area contributed by atoms with Crippen molar-refractivity contribution < 1.29 is 4.79 Å². The fraction of sp³-hybridized carbons (Fsp3) is 0.889. The molecule has 2 N–H and O–H groups in total. The van der Waals surface area contributed by atoms with Crippen molar-refractivity contribution in [2.45, 2.75) is 45.6 Å². The highest BCUT2D eigenvalue weighted by molar-refractivity contribution is 5.89. The molecule has 64 valence electrons. The van der Waals surface area contributed by atoms with Crippen molar-refractivity contribution in [2.24, 2.45) is 11.1 Å². The topological polar surface area (TPSA) is 43.1 Å². The standard InChI is InChI=1S/C9H17NO/c1-3-9(5-4-6-9)8(11)7(2)10/h7H,3-6,10H2,1-2H3. The van der Waals surface area contributed by atoms with Crippen LogP contribution in [0.15, 0.2) is 0 Å². The van der Waals surface area contributed by atoms with Crippen LogP contribution in [0.25, 0.3) is 0 Å². The number of rotatable bonds is 3. The number of ketones is 1. The average molecular weight is 155 g/mol. The van der Waals surface area contributed by atoms with Gasteiger partial charge in [0, 0.05) is 5.41 Å². The van der Waals surface area contributed by atoms with Gasteiger partial charge >= 0.3 is 0 Å². The second-order valence-corrected chi connectivity index (χ2v) is 3.64. The molecular weight excluding hydrogens is 138 g/mol. The van der Waals surface area contributed by atoms with Crippen LogP contribution in [0.2, 0.25) is 0 Å². The Balaban J connectivity index is 2.62. The molecule has 1 fully saturated rings. The summed E-state index contributed by atoms with van der Waals surface area (Å²) in [5.41, 5.74) is 5.54. The molecule has 1 atom stereocenters. The van der Waals surface area contributed by atoms with Crippen LogP contribution in [0.4, 0.5) is 0 Å². The average Bonchev–Trinajstić information content (AvgIpc) is 1.86. The van der Waals surface area contributed by atoms with Crippen molar-refractivity contribution in [1.82, 2.24) is 0 Å². The van der Waals surface area contributed by atoms with E-state index in [1.54, 1.807) is 6.92 Å². The maximum Gasteiger partial charge on any atom is 0.155 e. The van der Waals surface area contributed by atoms with E-state index < -0.39 is 0 Å². The number of carbonyl (C=O) groups is 1. The second kappa shape index (κ2) is 2.94. The van der Waals surface area contributed by atoms with E-state index in [0.29, 0.717) is 0 Å². The summed E-state index contributed by atoms with van der Waals surface area (Å²) in [4.78, 5) is 11.6. The van der Waals surface area contributed by atoms with Gasteiger partial charge in [0.1, 0.15) is 0 Å². The summed E-state index contributed by atoms with van der Waals surface area (Å²) in [6, 6.07) is -0.268. The normalized spacial score (nSPS) is 23.9. The van der Waals surface area contributed by atoms with Gasteiger partial charge in [-0.15, -0.1) is 0 Å². The SMILES string of the molecule is CCC1(C(=O)C(C)N)CCC1. The first-order valence-electron chi connectivity index (χ1n) is 4.42. The van der Waals surface area contributed by atoms with E-state index in [9.17, 15) is 4.79 Å². The van der Waals surface area contributed by atoms with Gasteiger partial charge in [-0.25, -0.2) is 0 Å². The molecule has 0 aliphatic heterocycles. The molecule has 0 aromatic heterocycles. The first kappa shape index (κ1) is 8.72. The molecule has 0 aromatic rings. The van der Waals surface area contributed by atoms with Crippen molar-refractivity contribution in [3.8, 4) is 0 Å². The molecule has 0 heterocycles. The van der Waals surface area contributed by atoms with Crippen LogP contribution in [-0.2, 0) is 4.79 Å². The van der Waals surface area contributed by atoms with Gasteiger partial charge in [0.05, 0.1) is 6.04 Å². The van der Waals surface area contributed by atoms with Crippen LogP contribution < -0.4 is 5.73 Å². The predicted octanol–water partition coefficient (Wildman–Crippen LogP) is 1.48. The van der Waals surface area contributed by atoms with E-state index in [2.05, 4.69) is 6.92 Å². The molecule has 1 rings (SSSR count). The van der Waals surface area contributed by atoms with Gasteiger partial charge in [0.15, 0.2) is 5.78 Å². The summed E-state index contributed by atoms with van der Waals surface area (Å²) >= 11 is 0. The van der Waals surface area contributed by atoms with Crippen molar-refractivity contribution in [3.05, 3.63) is 0 Å². The molecule has 1 aliphatic rings. The Morgan fingerprint density at radius 3 is 2.27 bits per heavy atom. The van der Waals surface area contributed by atoms with Crippen molar-refractivity contribution >= 4 is 5.78 Å². The minimum atomic E-state index is -0.268. The number of hydrogen-bond donors (Lipinski definition) is 1. The van der Waals surface area contributed by atoms with Crippen LogP contribution in [0.1, 0.15) is 39.5 Å². The summed E-state index contributed by atoms with van der Waals surface area (Å²) in [7, 11) is 0. The van der Waals surface area contributed by atoms with Gasteiger partial charge in [-0.05, 0) is 26.2 Å². The van der Waals surface area contributed by atoms with Gasteiger partial charge in [-0.2, -0.15) is 0 Å². The number of hydrogen-bond acceptors (Lipinski definition) is 2. The molecule has 2 nitrogen and oxygen atoms in total. The largest absolute Gasteiger partial charge is 0.322 e. The fourth-order valence-corrected chi connectivity index (χ4v) is 1.86. The Kier molecular flexibility index (Phi) is 2.33. The molecule has 11 heavy (non-hydrogen) atoms. The van der Waals surface area contributed by atoms with Crippen LogP contribution >= 0.6 is 0 Å². The van der Waals surface area contributed by atoms with Gasteiger partial charge in [-0.3, -0.25) is 4.79 Å². The molecule has 0 spiro atoms. The smallest absolute Gasteiger partial charge is 0.155 e. The Labute approximate surface area is 68.2 Å². The van der Waals surface area contributed by atoms with Gasteiger partial charge in [-0.1, -0.05) is 13.3 Å². The predicted molar refractivity (Wildman–Crippen MR) is 45.2 cm³/mol. The summed E-state index contributed by atoms with van der Waals surface area (Å²) in [5, 5.41) is 0. The third-order valence-electron chi connectivity index (χ3n) is 2.92. The maximum absolute atomic E-state index is 11.6. The molecule has 1 saturated carbocycles. The Morgan fingerprint density at radius 1 is 1.64 bits per heavy atom. The lowest BCUT2D eigenvalue weighted by Crippen LogP contribution is -2.45. The molecule has 0 amide bonds. The summed E-state index contributed by atoms with van der Waals surface area (Å²) < 4.78 is 0. The second-order valence-electron chi connectivity index (χ2n) is 3.64.